The number of hydrogen-bond donors (Lipinski definition) is 5. The summed E-state index contributed by atoms with van der Waals surface area (Å²) < 4.78 is 16.8. The molecular formula is C50H55N5O8. The molecule has 5 amide bonds. The second-order valence-electron chi connectivity index (χ2n) is 16.2. The highest BCUT2D eigenvalue weighted by Gasteiger charge is 2.39. The highest BCUT2D eigenvalue weighted by atomic mass is 16.6. The zero-order valence-corrected chi connectivity index (χ0v) is 36.0. The first-order valence-corrected chi connectivity index (χ1v) is 21.2. The van der Waals surface area contributed by atoms with Crippen LogP contribution >= 0.6 is 0 Å². The molecule has 0 spiro atoms. The first kappa shape index (κ1) is 45.5. The molecule has 328 valence electrons. The number of benzene rings is 5. The van der Waals surface area contributed by atoms with E-state index in [2.05, 4.69) is 26.8 Å². The van der Waals surface area contributed by atoms with Gasteiger partial charge in [-0.2, -0.15) is 0 Å². The van der Waals surface area contributed by atoms with Gasteiger partial charge in [-0.15, -0.1) is 0 Å². The molecule has 6 rings (SSSR count). The molecule has 0 bridgehead atoms. The number of alkyl carbamates (subject to hydrolysis) is 2. The third-order valence-corrected chi connectivity index (χ3v) is 10.5. The molecule has 5 aromatic rings. The van der Waals surface area contributed by atoms with Gasteiger partial charge < -0.3 is 30.2 Å². The van der Waals surface area contributed by atoms with Crippen molar-refractivity contribution in [3.05, 3.63) is 167 Å². The third kappa shape index (κ3) is 11.7. The molecule has 13 nitrogen and oxygen atoms in total. The molecule has 0 radical (unpaired) electrons. The largest absolute Gasteiger partial charge is 0.449 e. The summed E-state index contributed by atoms with van der Waals surface area (Å²) in [6, 6.07) is 41.3. The van der Waals surface area contributed by atoms with Crippen molar-refractivity contribution < 1.29 is 38.2 Å². The van der Waals surface area contributed by atoms with E-state index in [0.717, 1.165) is 51.8 Å². The van der Waals surface area contributed by atoms with Crippen LogP contribution in [0.4, 0.5) is 9.59 Å². The SMILES string of the molecule is CCCCOCC(NC(=O)OC(C)(C)C)C(=O)NNC(=O)C(CC(=O)NC(c1ccccc1)(c1ccccc1)c1ccccc1)NC(=O)OCC1c2ccccc2-c2ccccc21. The van der Waals surface area contributed by atoms with Gasteiger partial charge in [0.05, 0.1) is 13.0 Å². The van der Waals surface area contributed by atoms with Crippen LogP contribution in [-0.4, -0.2) is 67.4 Å². The monoisotopic (exact) mass is 853 g/mol. The van der Waals surface area contributed by atoms with Crippen molar-refractivity contribution in [2.45, 2.75) is 76.1 Å². The summed E-state index contributed by atoms with van der Waals surface area (Å²) in [5, 5.41) is 8.30. The molecule has 1 aliphatic carbocycles. The van der Waals surface area contributed by atoms with E-state index in [1.807, 2.05) is 146 Å². The average Bonchev–Trinajstić information content (AvgIpc) is 3.61. The van der Waals surface area contributed by atoms with Crippen molar-refractivity contribution in [2.24, 2.45) is 0 Å². The summed E-state index contributed by atoms with van der Waals surface area (Å²) in [6.45, 7) is 7.10. The van der Waals surface area contributed by atoms with Gasteiger partial charge in [0.2, 0.25) is 5.91 Å². The summed E-state index contributed by atoms with van der Waals surface area (Å²) in [5.41, 5.74) is 8.92. The predicted octanol–water partition coefficient (Wildman–Crippen LogP) is 7.25. The summed E-state index contributed by atoms with van der Waals surface area (Å²) >= 11 is 0. The van der Waals surface area contributed by atoms with E-state index in [-0.39, 0.29) is 19.1 Å². The quantitative estimate of drug-likeness (QED) is 0.0370. The number of ether oxygens (including phenoxy) is 3. The summed E-state index contributed by atoms with van der Waals surface area (Å²) in [5.74, 6) is -2.63. The fourth-order valence-electron chi connectivity index (χ4n) is 7.60. The Balaban J connectivity index is 1.25. The minimum absolute atomic E-state index is 0.0493. The third-order valence-electron chi connectivity index (χ3n) is 10.5. The molecule has 2 unspecified atom stereocenters. The maximum absolute atomic E-state index is 14.5. The van der Waals surface area contributed by atoms with Crippen molar-refractivity contribution >= 4 is 29.9 Å². The van der Waals surface area contributed by atoms with Gasteiger partial charge in [0.25, 0.3) is 11.8 Å². The van der Waals surface area contributed by atoms with E-state index >= 15 is 0 Å². The van der Waals surface area contributed by atoms with Gasteiger partial charge in [0.1, 0.15) is 29.8 Å². The number of hydrogen-bond acceptors (Lipinski definition) is 8. The molecule has 0 saturated heterocycles. The van der Waals surface area contributed by atoms with Crippen molar-refractivity contribution in [2.75, 3.05) is 19.8 Å². The Labute approximate surface area is 368 Å². The molecule has 1 aliphatic rings. The highest BCUT2D eigenvalue weighted by Crippen LogP contribution is 2.44. The maximum atomic E-state index is 14.5. The van der Waals surface area contributed by atoms with Crippen LogP contribution in [0.5, 0.6) is 0 Å². The fourth-order valence-corrected chi connectivity index (χ4v) is 7.60. The molecular weight excluding hydrogens is 799 g/mol. The number of nitrogens with one attached hydrogen (secondary N) is 5. The Hall–Kier alpha value is -6.99. The number of carbonyl (C=O) groups is 5. The Morgan fingerprint density at radius 3 is 1.56 bits per heavy atom. The number of unbranched alkanes of at least 4 members (excludes halogenated alkanes) is 1. The fraction of sp³-hybridized carbons (Fsp3) is 0.300. The molecule has 5 aromatic carbocycles. The lowest BCUT2D eigenvalue weighted by Crippen LogP contribution is -2.58. The smallest absolute Gasteiger partial charge is 0.408 e. The number of rotatable bonds is 17. The van der Waals surface area contributed by atoms with Crippen LogP contribution in [0.25, 0.3) is 11.1 Å². The molecule has 0 fully saturated rings. The van der Waals surface area contributed by atoms with E-state index in [4.69, 9.17) is 14.2 Å². The Morgan fingerprint density at radius 1 is 0.603 bits per heavy atom. The lowest BCUT2D eigenvalue weighted by molar-refractivity contribution is -0.133. The van der Waals surface area contributed by atoms with Crippen LogP contribution in [0.15, 0.2) is 140 Å². The number of amides is 5. The summed E-state index contributed by atoms with van der Waals surface area (Å²) in [6.07, 6.45) is -0.812. The molecule has 0 aliphatic heterocycles. The maximum Gasteiger partial charge on any atom is 0.408 e. The van der Waals surface area contributed by atoms with Crippen LogP contribution in [0, 0.1) is 0 Å². The average molecular weight is 854 g/mol. The Morgan fingerprint density at radius 2 is 1.06 bits per heavy atom. The number of fused-ring (bicyclic) bond motifs is 3. The van der Waals surface area contributed by atoms with Gasteiger partial charge in [-0.3, -0.25) is 25.2 Å². The van der Waals surface area contributed by atoms with Crippen LogP contribution in [-0.2, 0) is 34.1 Å². The lowest BCUT2D eigenvalue weighted by Gasteiger charge is -2.37. The standard InChI is InChI=1S/C50H55N5O8/c1-5-6-30-61-33-43(52-48(60)63-49(2,3)4)46(58)55-54-45(57)42(51-47(59)62-32-41-39-28-18-16-26-37(39)38-27-17-19-29-40(38)41)31-44(56)53-50(34-20-10-7-11-21-34,35-22-12-8-13-23-35)36-24-14-9-15-25-36/h7-29,41-43H,5-6,30-33H2,1-4H3,(H,51,59)(H,52,60)(H,53,56)(H,54,57)(H,55,58). The Bertz CT molecular complexity index is 2190. The van der Waals surface area contributed by atoms with Gasteiger partial charge in [0.15, 0.2) is 0 Å². The molecule has 5 N–H and O–H groups in total. The van der Waals surface area contributed by atoms with E-state index in [1.165, 1.54) is 0 Å². The minimum Gasteiger partial charge on any atom is -0.449 e. The van der Waals surface area contributed by atoms with E-state index in [0.29, 0.717) is 6.61 Å². The Kier molecular flexibility index (Phi) is 15.3. The molecule has 0 aromatic heterocycles. The molecule has 2 atom stereocenters. The molecule has 63 heavy (non-hydrogen) atoms. The van der Waals surface area contributed by atoms with Gasteiger partial charge in [-0.1, -0.05) is 153 Å². The van der Waals surface area contributed by atoms with Crippen molar-refractivity contribution in [3.63, 3.8) is 0 Å². The van der Waals surface area contributed by atoms with Crippen molar-refractivity contribution in [1.29, 1.82) is 0 Å². The van der Waals surface area contributed by atoms with Crippen LogP contribution < -0.4 is 26.8 Å². The first-order chi connectivity index (χ1) is 30.4. The zero-order valence-electron chi connectivity index (χ0n) is 36.0. The van der Waals surface area contributed by atoms with Crippen LogP contribution in [0.2, 0.25) is 0 Å². The van der Waals surface area contributed by atoms with Gasteiger partial charge in [-0.25, -0.2) is 9.59 Å². The lowest BCUT2D eigenvalue weighted by atomic mass is 9.77. The normalized spacial score (nSPS) is 13.0. The number of carbonyl (C=O) groups excluding carboxylic acids is 5. The minimum atomic E-state index is -1.56. The zero-order chi connectivity index (χ0) is 44.8. The molecule has 13 heteroatoms. The van der Waals surface area contributed by atoms with Gasteiger partial charge >= 0.3 is 12.2 Å². The second-order valence-corrected chi connectivity index (χ2v) is 16.2. The van der Waals surface area contributed by atoms with Crippen molar-refractivity contribution in [1.82, 2.24) is 26.8 Å². The topological polar surface area (TPSA) is 173 Å². The van der Waals surface area contributed by atoms with Crippen LogP contribution in [0.1, 0.15) is 80.7 Å². The first-order valence-electron chi connectivity index (χ1n) is 21.2. The van der Waals surface area contributed by atoms with E-state index in [1.54, 1.807) is 20.8 Å². The predicted molar refractivity (Wildman–Crippen MR) is 239 cm³/mol. The van der Waals surface area contributed by atoms with Crippen LogP contribution in [0.3, 0.4) is 0 Å². The van der Waals surface area contributed by atoms with Gasteiger partial charge in [0, 0.05) is 12.5 Å². The highest BCUT2D eigenvalue weighted by molar-refractivity contribution is 5.94. The molecule has 0 saturated carbocycles. The van der Waals surface area contributed by atoms with Gasteiger partial charge in [-0.05, 0) is 66.1 Å². The van der Waals surface area contributed by atoms with E-state index in [9.17, 15) is 24.0 Å². The second kappa shape index (κ2) is 21.2. The summed E-state index contributed by atoms with van der Waals surface area (Å²) in [4.78, 5) is 68.6. The number of hydrazine groups is 1. The summed E-state index contributed by atoms with van der Waals surface area (Å²) in [7, 11) is 0. The molecule has 0 heterocycles. The van der Waals surface area contributed by atoms with Crippen molar-refractivity contribution in [3.8, 4) is 11.1 Å². The van der Waals surface area contributed by atoms with E-state index < -0.39 is 59.6 Å².